The summed E-state index contributed by atoms with van der Waals surface area (Å²) in [6.45, 7) is 8.93. The van der Waals surface area contributed by atoms with Gasteiger partial charge in [-0.15, -0.1) is 0 Å². The van der Waals surface area contributed by atoms with Crippen LogP contribution in [0.1, 0.15) is 76.3 Å². The first-order chi connectivity index (χ1) is 19.7. The number of aryl methyl sites for hydroxylation is 2. The third-order valence-electron chi connectivity index (χ3n) is 10.5. The molecule has 0 unspecified atom stereocenters. The summed E-state index contributed by atoms with van der Waals surface area (Å²) in [6, 6.07) is 5.23. The highest BCUT2D eigenvalue weighted by molar-refractivity contribution is 6.02. The summed E-state index contributed by atoms with van der Waals surface area (Å²) in [7, 11) is 0. The van der Waals surface area contributed by atoms with Crippen LogP contribution in [0.2, 0.25) is 0 Å². The van der Waals surface area contributed by atoms with Crippen molar-refractivity contribution in [3.63, 3.8) is 0 Å². The second-order valence-electron chi connectivity index (χ2n) is 13.3. The number of rotatable bonds is 7. The molecule has 41 heavy (non-hydrogen) atoms. The molecule has 6 rings (SSSR count). The third-order valence-corrected chi connectivity index (χ3v) is 10.5. The molecule has 3 amide bonds. The standard InChI is InChI=1S/C34H45N3O4/c1-20-17-21(2)19-25(18-20)35-31(38)28-27-13-15-34(41-27)29(28)33(40)37(16-14-24-10-6-5-7-11-24)30(34)32(39)36-26-12-8-9-22(3)23(26)4/h10,13,15,17-19,22-23,26-30H,5-9,11-12,14,16H2,1-4H3,(H,35,38)(H,36,39)/t22-,23+,26+,27-,28+,29-,30-,34-/m0/s1. The van der Waals surface area contributed by atoms with E-state index in [0.29, 0.717) is 18.4 Å². The molecule has 220 valence electrons. The van der Waals surface area contributed by atoms with Crippen LogP contribution in [0.25, 0.3) is 0 Å². The van der Waals surface area contributed by atoms with Gasteiger partial charge in [0.05, 0.1) is 17.9 Å². The predicted molar refractivity (Wildman–Crippen MR) is 159 cm³/mol. The molecule has 2 saturated heterocycles. The van der Waals surface area contributed by atoms with E-state index in [9.17, 15) is 14.4 Å². The quantitative estimate of drug-likeness (QED) is 0.448. The van der Waals surface area contributed by atoms with Gasteiger partial charge in [0.25, 0.3) is 0 Å². The number of amides is 3. The number of likely N-dealkylation sites (tertiary alicyclic amines) is 1. The number of carbonyl (C=O) groups excluding carboxylic acids is 3. The van der Waals surface area contributed by atoms with Gasteiger partial charge < -0.3 is 20.3 Å². The number of allylic oxidation sites excluding steroid dienone is 1. The van der Waals surface area contributed by atoms with Crippen LogP contribution in [0, 0.1) is 37.5 Å². The number of nitrogens with zero attached hydrogens (tertiary/aromatic N) is 1. The Hall–Kier alpha value is -2.93. The Balaban J connectivity index is 1.29. The molecule has 8 atom stereocenters. The molecule has 0 aromatic heterocycles. The van der Waals surface area contributed by atoms with Crippen LogP contribution in [0.3, 0.4) is 0 Å². The summed E-state index contributed by atoms with van der Waals surface area (Å²) >= 11 is 0. The van der Waals surface area contributed by atoms with E-state index in [2.05, 4.69) is 36.6 Å². The number of ether oxygens (including phenoxy) is 1. The Morgan fingerprint density at radius 2 is 1.83 bits per heavy atom. The average molecular weight is 560 g/mol. The van der Waals surface area contributed by atoms with Crippen molar-refractivity contribution in [3.8, 4) is 0 Å². The molecule has 1 spiro atoms. The molecule has 2 N–H and O–H groups in total. The number of nitrogens with one attached hydrogen (secondary N) is 2. The molecule has 3 fully saturated rings. The van der Waals surface area contributed by atoms with Gasteiger partial charge in [-0.05, 0) is 87.5 Å². The van der Waals surface area contributed by atoms with Gasteiger partial charge in [0.1, 0.15) is 11.6 Å². The molecule has 7 heteroatoms. The summed E-state index contributed by atoms with van der Waals surface area (Å²) < 4.78 is 6.56. The number of hydrogen-bond acceptors (Lipinski definition) is 4. The molecule has 3 heterocycles. The van der Waals surface area contributed by atoms with Crippen molar-refractivity contribution in [1.82, 2.24) is 10.2 Å². The largest absolute Gasteiger partial charge is 0.359 e. The fraction of sp³-hybridized carbons (Fsp3) is 0.618. The third kappa shape index (κ3) is 5.04. The van der Waals surface area contributed by atoms with Crippen LogP contribution >= 0.6 is 0 Å². The van der Waals surface area contributed by atoms with Gasteiger partial charge in [-0.2, -0.15) is 0 Å². The summed E-state index contributed by atoms with van der Waals surface area (Å²) in [4.78, 5) is 44.0. The number of benzene rings is 1. The van der Waals surface area contributed by atoms with Crippen molar-refractivity contribution < 1.29 is 19.1 Å². The minimum absolute atomic E-state index is 0.0749. The zero-order chi connectivity index (χ0) is 28.9. The zero-order valence-electron chi connectivity index (χ0n) is 24.9. The van der Waals surface area contributed by atoms with E-state index in [1.807, 2.05) is 38.1 Å². The Bertz CT molecular complexity index is 1270. The second kappa shape index (κ2) is 11.0. The van der Waals surface area contributed by atoms with Crippen molar-refractivity contribution in [2.45, 2.75) is 103 Å². The fourth-order valence-corrected chi connectivity index (χ4v) is 8.22. The van der Waals surface area contributed by atoms with Gasteiger partial charge in [-0.25, -0.2) is 0 Å². The molecule has 7 nitrogen and oxygen atoms in total. The Morgan fingerprint density at radius 1 is 1.05 bits per heavy atom. The first-order valence-corrected chi connectivity index (χ1v) is 15.7. The van der Waals surface area contributed by atoms with E-state index in [1.54, 1.807) is 4.90 Å². The van der Waals surface area contributed by atoms with Crippen molar-refractivity contribution in [1.29, 1.82) is 0 Å². The summed E-state index contributed by atoms with van der Waals surface area (Å²) in [5.74, 6) is -1.01. The lowest BCUT2D eigenvalue weighted by Gasteiger charge is -2.38. The first-order valence-electron chi connectivity index (χ1n) is 15.7. The molecule has 2 aliphatic carbocycles. The molecular formula is C34H45N3O4. The molecule has 2 bridgehead atoms. The van der Waals surface area contributed by atoms with Crippen LogP contribution in [-0.4, -0.2) is 53.0 Å². The lowest BCUT2D eigenvalue weighted by atomic mass is 9.73. The molecule has 5 aliphatic rings. The fourth-order valence-electron chi connectivity index (χ4n) is 8.22. The van der Waals surface area contributed by atoms with Gasteiger partial charge in [-0.3, -0.25) is 14.4 Å². The lowest BCUT2D eigenvalue weighted by molar-refractivity contribution is -0.141. The van der Waals surface area contributed by atoms with E-state index < -0.39 is 29.6 Å². The normalized spacial score (nSPS) is 35.8. The van der Waals surface area contributed by atoms with Crippen molar-refractivity contribution in [2.24, 2.45) is 23.7 Å². The van der Waals surface area contributed by atoms with E-state index in [4.69, 9.17) is 4.74 Å². The van der Waals surface area contributed by atoms with E-state index in [0.717, 1.165) is 48.9 Å². The van der Waals surface area contributed by atoms with Gasteiger partial charge in [0, 0.05) is 18.3 Å². The minimum atomic E-state index is -1.12. The van der Waals surface area contributed by atoms with Crippen molar-refractivity contribution in [3.05, 3.63) is 53.1 Å². The van der Waals surface area contributed by atoms with Crippen LogP contribution in [-0.2, 0) is 19.1 Å². The van der Waals surface area contributed by atoms with Crippen molar-refractivity contribution in [2.75, 3.05) is 11.9 Å². The number of fused-ring (bicyclic) bond motifs is 1. The minimum Gasteiger partial charge on any atom is -0.359 e. The summed E-state index contributed by atoms with van der Waals surface area (Å²) in [6.07, 6.45) is 14.0. The van der Waals surface area contributed by atoms with E-state index >= 15 is 0 Å². The van der Waals surface area contributed by atoms with E-state index in [1.165, 1.54) is 24.8 Å². The van der Waals surface area contributed by atoms with Crippen LogP contribution in [0.4, 0.5) is 5.69 Å². The van der Waals surface area contributed by atoms with E-state index in [-0.39, 0.29) is 23.8 Å². The Kier molecular flexibility index (Phi) is 7.60. The second-order valence-corrected chi connectivity index (χ2v) is 13.3. The monoisotopic (exact) mass is 559 g/mol. The number of carbonyl (C=O) groups is 3. The first kappa shape index (κ1) is 28.2. The Morgan fingerprint density at radius 3 is 2.56 bits per heavy atom. The topological polar surface area (TPSA) is 87.7 Å². The highest BCUT2D eigenvalue weighted by Crippen LogP contribution is 2.55. The molecular weight excluding hydrogens is 514 g/mol. The average Bonchev–Trinajstić information content (AvgIpc) is 3.57. The molecule has 1 aromatic carbocycles. The molecule has 3 aliphatic heterocycles. The maximum atomic E-state index is 14.3. The number of anilines is 1. The smallest absolute Gasteiger partial charge is 0.246 e. The van der Waals surface area contributed by atoms with Crippen LogP contribution in [0.15, 0.2) is 42.0 Å². The number of hydrogen-bond donors (Lipinski definition) is 2. The van der Waals surface area contributed by atoms with Crippen molar-refractivity contribution >= 4 is 23.4 Å². The Labute approximate surface area is 244 Å². The van der Waals surface area contributed by atoms with Gasteiger partial charge >= 0.3 is 0 Å². The highest BCUT2D eigenvalue weighted by Gasteiger charge is 2.72. The lowest BCUT2D eigenvalue weighted by Crippen LogP contribution is -2.58. The summed E-state index contributed by atoms with van der Waals surface area (Å²) in [5.41, 5.74) is 3.07. The van der Waals surface area contributed by atoms with Gasteiger partial charge in [-0.1, -0.05) is 56.6 Å². The van der Waals surface area contributed by atoms with Crippen LogP contribution in [0.5, 0.6) is 0 Å². The maximum absolute atomic E-state index is 14.3. The highest BCUT2D eigenvalue weighted by atomic mass is 16.5. The SMILES string of the molecule is Cc1cc(C)cc(NC(=O)[C@@H]2[C@@H]3C=C[C@]4(O3)[C@@H]2C(=O)N(CCC2=CCCCC2)[C@H]4C(=O)N[C@@H]2CCC[C@H](C)[C@H]2C)c1. The van der Waals surface area contributed by atoms with Gasteiger partial charge in [0.2, 0.25) is 17.7 Å². The van der Waals surface area contributed by atoms with Crippen LogP contribution < -0.4 is 10.6 Å². The molecule has 1 saturated carbocycles. The molecule has 0 radical (unpaired) electrons. The molecule has 1 aromatic rings. The summed E-state index contributed by atoms with van der Waals surface area (Å²) in [5, 5.41) is 6.42. The maximum Gasteiger partial charge on any atom is 0.246 e. The zero-order valence-corrected chi connectivity index (χ0v) is 24.9. The predicted octanol–water partition coefficient (Wildman–Crippen LogP) is 5.22. The van der Waals surface area contributed by atoms with Gasteiger partial charge in [0.15, 0.2) is 0 Å².